The maximum Gasteiger partial charge on any atom is 0.266 e. The van der Waals surface area contributed by atoms with E-state index in [9.17, 15) is 10.1 Å². The number of hydrogen-bond donors (Lipinski definition) is 1. The fourth-order valence-corrected chi connectivity index (χ4v) is 3.53. The van der Waals surface area contributed by atoms with Crippen LogP contribution in [0.15, 0.2) is 60.2 Å². The zero-order chi connectivity index (χ0) is 23.3. The Morgan fingerprint density at radius 3 is 2.34 bits per heavy atom. The van der Waals surface area contributed by atoms with E-state index in [4.69, 9.17) is 4.74 Å². The standard InChI is InChI=1S/C26H28N4O2/c1-6-32-25-13-7-22(8-14-25)28-26(31)21(17-27)16-20-15-18(2)30(19(20)3)24-11-9-23(10-12-24)29(4)5/h7-16H,6H2,1-5H3,(H,28,31)/b21-16-. The number of benzene rings is 2. The maximum atomic E-state index is 12.7. The molecule has 1 N–H and O–H groups in total. The van der Waals surface area contributed by atoms with Gasteiger partial charge in [-0.25, -0.2) is 0 Å². The van der Waals surface area contributed by atoms with Crippen LogP contribution in [0.3, 0.4) is 0 Å². The summed E-state index contributed by atoms with van der Waals surface area (Å²) in [5.41, 5.74) is 5.61. The Kier molecular flexibility index (Phi) is 7.01. The van der Waals surface area contributed by atoms with Crippen LogP contribution in [0.4, 0.5) is 11.4 Å². The summed E-state index contributed by atoms with van der Waals surface area (Å²) >= 11 is 0. The van der Waals surface area contributed by atoms with Gasteiger partial charge in [0.05, 0.1) is 6.61 Å². The molecule has 32 heavy (non-hydrogen) atoms. The Morgan fingerprint density at radius 1 is 1.12 bits per heavy atom. The third-order valence-corrected chi connectivity index (χ3v) is 5.18. The molecule has 0 aliphatic rings. The van der Waals surface area contributed by atoms with Gasteiger partial charge in [0.2, 0.25) is 0 Å². The second-order valence-electron chi connectivity index (χ2n) is 7.65. The fraction of sp³-hybridized carbons (Fsp3) is 0.231. The first kappa shape index (κ1) is 22.7. The van der Waals surface area contributed by atoms with E-state index in [-0.39, 0.29) is 5.57 Å². The predicted octanol–water partition coefficient (Wildman–Crippen LogP) is 5.10. The third kappa shape index (κ3) is 5.01. The number of amides is 1. The van der Waals surface area contributed by atoms with Gasteiger partial charge in [0.15, 0.2) is 0 Å². The molecule has 1 heterocycles. The van der Waals surface area contributed by atoms with Crippen molar-refractivity contribution in [3.05, 3.63) is 77.1 Å². The molecule has 0 saturated carbocycles. The van der Waals surface area contributed by atoms with Crippen molar-refractivity contribution in [2.24, 2.45) is 0 Å². The highest BCUT2D eigenvalue weighted by Gasteiger charge is 2.14. The van der Waals surface area contributed by atoms with Gasteiger partial charge in [-0.05, 0) is 87.0 Å². The SMILES string of the molecule is CCOc1ccc(NC(=O)/C(C#N)=C\c2cc(C)n(-c3ccc(N(C)C)cc3)c2C)cc1. The van der Waals surface area contributed by atoms with Gasteiger partial charge in [0, 0.05) is 42.5 Å². The molecule has 164 valence electrons. The molecule has 0 saturated heterocycles. The number of aryl methyl sites for hydroxylation is 1. The first-order valence-corrected chi connectivity index (χ1v) is 10.5. The number of carbonyl (C=O) groups excluding carboxylic acids is 1. The number of nitrogens with zero attached hydrogens (tertiary/aromatic N) is 3. The highest BCUT2D eigenvalue weighted by Crippen LogP contribution is 2.25. The molecule has 0 radical (unpaired) electrons. The Morgan fingerprint density at radius 2 is 1.78 bits per heavy atom. The van der Waals surface area contributed by atoms with E-state index in [2.05, 4.69) is 39.0 Å². The number of rotatable bonds is 7. The Hall–Kier alpha value is -3.98. The second kappa shape index (κ2) is 9.88. The molecule has 0 aliphatic carbocycles. The molecule has 0 spiro atoms. The van der Waals surface area contributed by atoms with E-state index in [0.717, 1.165) is 34.1 Å². The zero-order valence-electron chi connectivity index (χ0n) is 19.1. The monoisotopic (exact) mass is 428 g/mol. The van der Waals surface area contributed by atoms with E-state index in [1.54, 1.807) is 30.3 Å². The van der Waals surface area contributed by atoms with E-state index in [1.165, 1.54) is 0 Å². The third-order valence-electron chi connectivity index (χ3n) is 5.18. The van der Waals surface area contributed by atoms with Crippen molar-refractivity contribution in [1.29, 1.82) is 5.26 Å². The first-order chi connectivity index (χ1) is 15.3. The van der Waals surface area contributed by atoms with Crippen LogP contribution in [0.1, 0.15) is 23.9 Å². The summed E-state index contributed by atoms with van der Waals surface area (Å²) in [6, 6.07) is 19.3. The second-order valence-corrected chi connectivity index (χ2v) is 7.65. The van der Waals surface area contributed by atoms with Crippen LogP contribution in [0.2, 0.25) is 0 Å². The summed E-state index contributed by atoms with van der Waals surface area (Å²) in [7, 11) is 4.01. The number of anilines is 2. The molecule has 3 rings (SSSR count). The van der Waals surface area contributed by atoms with Crippen LogP contribution < -0.4 is 15.0 Å². The molecule has 6 heteroatoms. The summed E-state index contributed by atoms with van der Waals surface area (Å²) in [5, 5.41) is 12.4. The number of nitriles is 1. The average molecular weight is 429 g/mol. The van der Waals surface area contributed by atoms with Gasteiger partial charge >= 0.3 is 0 Å². The molecule has 6 nitrogen and oxygen atoms in total. The molecule has 0 unspecified atom stereocenters. The van der Waals surface area contributed by atoms with E-state index in [1.807, 2.05) is 47.0 Å². The van der Waals surface area contributed by atoms with Gasteiger partial charge in [-0.1, -0.05) is 0 Å². The zero-order valence-corrected chi connectivity index (χ0v) is 19.1. The molecule has 1 aromatic heterocycles. The van der Waals surface area contributed by atoms with Crippen molar-refractivity contribution >= 4 is 23.4 Å². The Labute approximate surface area is 189 Å². The Bertz CT molecular complexity index is 1160. The molecular weight excluding hydrogens is 400 g/mol. The lowest BCUT2D eigenvalue weighted by Crippen LogP contribution is -2.13. The minimum atomic E-state index is -0.447. The van der Waals surface area contributed by atoms with Crippen LogP contribution in [0.5, 0.6) is 5.75 Å². The number of nitrogens with one attached hydrogen (secondary N) is 1. The van der Waals surface area contributed by atoms with Crippen molar-refractivity contribution < 1.29 is 9.53 Å². The topological polar surface area (TPSA) is 70.3 Å². The molecule has 0 aliphatic heterocycles. The molecule has 3 aromatic rings. The van der Waals surface area contributed by atoms with Crippen LogP contribution in [-0.4, -0.2) is 31.2 Å². The van der Waals surface area contributed by atoms with Crippen molar-refractivity contribution in [3.8, 4) is 17.5 Å². The van der Waals surface area contributed by atoms with Gasteiger partial charge < -0.3 is 19.5 Å². The van der Waals surface area contributed by atoms with Gasteiger partial charge in [0.1, 0.15) is 17.4 Å². The van der Waals surface area contributed by atoms with Crippen LogP contribution >= 0.6 is 0 Å². The van der Waals surface area contributed by atoms with Gasteiger partial charge in [-0.3, -0.25) is 4.79 Å². The van der Waals surface area contributed by atoms with Crippen LogP contribution in [-0.2, 0) is 4.79 Å². The normalized spacial score (nSPS) is 11.1. The lowest BCUT2D eigenvalue weighted by atomic mass is 10.1. The Balaban J connectivity index is 1.85. The smallest absolute Gasteiger partial charge is 0.266 e. The molecule has 2 aromatic carbocycles. The molecule has 0 bridgehead atoms. The first-order valence-electron chi connectivity index (χ1n) is 10.5. The summed E-state index contributed by atoms with van der Waals surface area (Å²) in [4.78, 5) is 14.7. The molecular formula is C26H28N4O2. The number of ether oxygens (including phenoxy) is 1. The summed E-state index contributed by atoms with van der Waals surface area (Å²) in [6.07, 6.45) is 1.64. The molecule has 1 amide bonds. The lowest BCUT2D eigenvalue weighted by molar-refractivity contribution is -0.112. The number of hydrogen-bond acceptors (Lipinski definition) is 4. The van der Waals surface area contributed by atoms with E-state index in [0.29, 0.717) is 12.3 Å². The quantitative estimate of drug-likeness (QED) is 0.420. The van der Waals surface area contributed by atoms with Crippen molar-refractivity contribution in [2.75, 3.05) is 30.9 Å². The number of carbonyl (C=O) groups is 1. The van der Waals surface area contributed by atoms with E-state index < -0.39 is 5.91 Å². The highest BCUT2D eigenvalue weighted by molar-refractivity contribution is 6.09. The predicted molar refractivity (Wildman–Crippen MR) is 129 cm³/mol. The maximum absolute atomic E-state index is 12.7. The van der Waals surface area contributed by atoms with Crippen LogP contribution in [0.25, 0.3) is 11.8 Å². The average Bonchev–Trinajstić information content (AvgIpc) is 3.06. The minimum Gasteiger partial charge on any atom is -0.494 e. The van der Waals surface area contributed by atoms with Crippen molar-refractivity contribution in [2.45, 2.75) is 20.8 Å². The van der Waals surface area contributed by atoms with Crippen LogP contribution in [0, 0.1) is 25.2 Å². The van der Waals surface area contributed by atoms with Crippen molar-refractivity contribution in [3.63, 3.8) is 0 Å². The van der Waals surface area contributed by atoms with E-state index >= 15 is 0 Å². The molecule has 0 fully saturated rings. The summed E-state index contributed by atoms with van der Waals surface area (Å²) in [6.45, 7) is 6.48. The lowest BCUT2D eigenvalue weighted by Gasteiger charge is -2.14. The van der Waals surface area contributed by atoms with Crippen molar-refractivity contribution in [1.82, 2.24) is 4.57 Å². The summed E-state index contributed by atoms with van der Waals surface area (Å²) < 4.78 is 7.53. The van der Waals surface area contributed by atoms with Gasteiger partial charge in [-0.2, -0.15) is 5.26 Å². The summed E-state index contributed by atoms with van der Waals surface area (Å²) in [5.74, 6) is 0.282. The highest BCUT2D eigenvalue weighted by atomic mass is 16.5. The van der Waals surface area contributed by atoms with Gasteiger partial charge in [-0.15, -0.1) is 0 Å². The largest absolute Gasteiger partial charge is 0.494 e. The fourth-order valence-electron chi connectivity index (χ4n) is 3.53. The van der Waals surface area contributed by atoms with Gasteiger partial charge in [0.25, 0.3) is 5.91 Å². The molecule has 0 atom stereocenters. The minimum absolute atomic E-state index is 0.0436. The number of aromatic nitrogens is 1.